The highest BCUT2D eigenvalue weighted by Gasteiger charge is 2.14. The number of aromatic nitrogens is 5. The standard InChI is InChI=1S/C26H23N5OS/c1-16(32)15-33-26-28-25(29-30-26)23-12-21(11-22(13-23)24-14-27-31(3)17(24)2)20-9-8-18-6-4-5-7-19(18)10-20/h4-14H,15H2,1-3H3,(H,28,29,30). The van der Waals surface area contributed by atoms with E-state index >= 15 is 0 Å². The summed E-state index contributed by atoms with van der Waals surface area (Å²) in [4.78, 5) is 16.0. The van der Waals surface area contributed by atoms with Crippen LogP contribution in [0.1, 0.15) is 12.6 Å². The Balaban J connectivity index is 1.63. The molecule has 0 unspecified atom stereocenters. The number of hydrogen-bond acceptors (Lipinski definition) is 5. The molecule has 0 saturated carbocycles. The summed E-state index contributed by atoms with van der Waals surface area (Å²) in [5.74, 6) is 1.12. The van der Waals surface area contributed by atoms with Crippen molar-refractivity contribution in [3.05, 3.63) is 72.6 Å². The number of aromatic amines is 1. The Hall–Kier alpha value is -3.71. The molecule has 33 heavy (non-hydrogen) atoms. The van der Waals surface area contributed by atoms with Gasteiger partial charge in [-0.1, -0.05) is 48.2 Å². The topological polar surface area (TPSA) is 76.5 Å². The summed E-state index contributed by atoms with van der Waals surface area (Å²) in [7, 11) is 1.95. The lowest BCUT2D eigenvalue weighted by atomic mass is 9.95. The van der Waals surface area contributed by atoms with Crippen molar-refractivity contribution in [3.63, 3.8) is 0 Å². The van der Waals surface area contributed by atoms with E-state index in [0.717, 1.165) is 33.5 Å². The maximum Gasteiger partial charge on any atom is 0.209 e. The molecule has 0 radical (unpaired) electrons. The third kappa shape index (κ3) is 4.32. The zero-order valence-corrected chi connectivity index (χ0v) is 19.5. The molecule has 7 heteroatoms. The SMILES string of the molecule is CC(=O)CSc1n[nH]c(-c2cc(-c3ccc4ccccc4c3)cc(-c3cnn(C)c3C)c2)n1. The molecule has 2 aromatic heterocycles. The van der Waals surface area contributed by atoms with E-state index < -0.39 is 0 Å². The molecule has 0 bridgehead atoms. The highest BCUT2D eigenvalue weighted by Crippen LogP contribution is 2.34. The van der Waals surface area contributed by atoms with Crippen molar-refractivity contribution in [1.29, 1.82) is 0 Å². The van der Waals surface area contributed by atoms with Crippen LogP contribution in [-0.4, -0.2) is 36.5 Å². The molecule has 0 aliphatic carbocycles. The van der Waals surface area contributed by atoms with E-state index in [9.17, 15) is 4.79 Å². The van der Waals surface area contributed by atoms with Crippen LogP contribution in [0.4, 0.5) is 0 Å². The van der Waals surface area contributed by atoms with Crippen LogP contribution in [0.2, 0.25) is 0 Å². The molecule has 2 heterocycles. The molecule has 1 N–H and O–H groups in total. The van der Waals surface area contributed by atoms with E-state index in [1.165, 1.54) is 22.5 Å². The van der Waals surface area contributed by atoms with Gasteiger partial charge in [-0.2, -0.15) is 5.10 Å². The molecule has 0 amide bonds. The normalized spacial score (nSPS) is 11.2. The van der Waals surface area contributed by atoms with Crippen molar-refractivity contribution in [2.75, 3.05) is 5.75 Å². The molecular formula is C26H23N5OS. The van der Waals surface area contributed by atoms with Crippen LogP contribution in [-0.2, 0) is 11.8 Å². The first kappa shape index (κ1) is 21.2. The minimum absolute atomic E-state index is 0.0963. The molecule has 0 atom stereocenters. The van der Waals surface area contributed by atoms with Crippen LogP contribution in [0.15, 0.2) is 72.0 Å². The first-order valence-electron chi connectivity index (χ1n) is 10.7. The first-order valence-corrected chi connectivity index (χ1v) is 11.6. The van der Waals surface area contributed by atoms with Gasteiger partial charge < -0.3 is 0 Å². The zero-order chi connectivity index (χ0) is 22.9. The van der Waals surface area contributed by atoms with Gasteiger partial charge in [0.15, 0.2) is 5.82 Å². The molecule has 5 rings (SSSR count). The second kappa shape index (κ2) is 8.67. The fourth-order valence-electron chi connectivity index (χ4n) is 3.84. The van der Waals surface area contributed by atoms with Gasteiger partial charge in [-0.05, 0) is 65.6 Å². The molecular weight excluding hydrogens is 430 g/mol. The third-order valence-corrected chi connectivity index (χ3v) is 6.70. The number of ketones is 1. The van der Waals surface area contributed by atoms with Gasteiger partial charge in [-0.25, -0.2) is 4.98 Å². The molecule has 5 aromatic rings. The second-order valence-corrected chi connectivity index (χ2v) is 9.03. The minimum atomic E-state index is 0.0963. The van der Waals surface area contributed by atoms with Gasteiger partial charge >= 0.3 is 0 Å². The van der Waals surface area contributed by atoms with E-state index in [-0.39, 0.29) is 5.78 Å². The van der Waals surface area contributed by atoms with E-state index in [2.05, 4.69) is 87.9 Å². The average molecular weight is 454 g/mol. The van der Waals surface area contributed by atoms with Crippen LogP contribution in [0.3, 0.4) is 0 Å². The quantitative estimate of drug-likeness (QED) is 0.335. The molecule has 3 aromatic carbocycles. The number of fused-ring (bicyclic) bond motifs is 1. The summed E-state index contributed by atoms with van der Waals surface area (Å²) >= 11 is 1.34. The van der Waals surface area contributed by atoms with Crippen LogP contribution in [0.5, 0.6) is 0 Å². The molecule has 164 valence electrons. The van der Waals surface area contributed by atoms with Crippen molar-refractivity contribution in [1.82, 2.24) is 25.0 Å². The highest BCUT2D eigenvalue weighted by molar-refractivity contribution is 7.99. The maximum absolute atomic E-state index is 11.3. The Morgan fingerprint density at radius 1 is 0.970 bits per heavy atom. The Morgan fingerprint density at radius 2 is 1.73 bits per heavy atom. The van der Waals surface area contributed by atoms with Gasteiger partial charge in [0.25, 0.3) is 0 Å². The largest absolute Gasteiger partial charge is 0.299 e. The van der Waals surface area contributed by atoms with Gasteiger partial charge in [0.2, 0.25) is 5.16 Å². The monoisotopic (exact) mass is 453 g/mol. The smallest absolute Gasteiger partial charge is 0.209 e. The number of benzene rings is 3. The summed E-state index contributed by atoms with van der Waals surface area (Å²) in [6.45, 7) is 3.63. The third-order valence-electron chi connectivity index (χ3n) is 5.70. The summed E-state index contributed by atoms with van der Waals surface area (Å²) in [6, 6.07) is 21.3. The molecule has 6 nitrogen and oxygen atoms in total. The van der Waals surface area contributed by atoms with Crippen molar-refractivity contribution in [3.8, 4) is 33.6 Å². The Labute approximate surface area is 196 Å². The van der Waals surface area contributed by atoms with Crippen molar-refractivity contribution >= 4 is 28.3 Å². The molecule has 0 aliphatic heterocycles. The maximum atomic E-state index is 11.3. The number of nitrogens with zero attached hydrogens (tertiary/aromatic N) is 4. The van der Waals surface area contributed by atoms with Crippen LogP contribution >= 0.6 is 11.8 Å². The summed E-state index contributed by atoms with van der Waals surface area (Å²) in [5, 5.41) is 14.7. The molecule has 0 spiro atoms. The zero-order valence-electron chi connectivity index (χ0n) is 18.7. The average Bonchev–Trinajstić information content (AvgIpc) is 3.44. The van der Waals surface area contributed by atoms with E-state index in [4.69, 9.17) is 0 Å². The van der Waals surface area contributed by atoms with Gasteiger partial charge in [0.05, 0.1) is 11.9 Å². The fraction of sp³-hybridized carbons (Fsp3) is 0.154. The highest BCUT2D eigenvalue weighted by atomic mass is 32.2. The number of carbonyl (C=O) groups excluding carboxylic acids is 1. The van der Waals surface area contributed by atoms with Crippen molar-refractivity contribution in [2.45, 2.75) is 19.0 Å². The Kier molecular flexibility index (Phi) is 5.56. The first-order chi connectivity index (χ1) is 16.0. The lowest BCUT2D eigenvalue weighted by molar-refractivity contribution is -0.114. The second-order valence-electron chi connectivity index (χ2n) is 8.09. The summed E-state index contributed by atoms with van der Waals surface area (Å²) < 4.78 is 1.88. The number of rotatable bonds is 6. The van der Waals surface area contributed by atoms with Gasteiger partial charge in [-0.3, -0.25) is 14.6 Å². The van der Waals surface area contributed by atoms with E-state index in [1.807, 2.05) is 17.9 Å². The number of aryl methyl sites for hydroxylation is 1. The van der Waals surface area contributed by atoms with E-state index in [1.54, 1.807) is 6.92 Å². The number of H-pyrrole nitrogens is 1. The lowest BCUT2D eigenvalue weighted by Gasteiger charge is -2.10. The number of hydrogen-bond donors (Lipinski definition) is 1. The summed E-state index contributed by atoms with van der Waals surface area (Å²) in [6.07, 6.45) is 1.90. The predicted octanol–water partition coefficient (Wildman–Crippen LogP) is 5.68. The van der Waals surface area contributed by atoms with Crippen LogP contribution in [0, 0.1) is 6.92 Å². The predicted molar refractivity (Wildman–Crippen MR) is 133 cm³/mol. The molecule has 0 aliphatic rings. The number of carbonyl (C=O) groups is 1. The van der Waals surface area contributed by atoms with Gasteiger partial charge in [-0.15, -0.1) is 5.10 Å². The Morgan fingerprint density at radius 3 is 2.48 bits per heavy atom. The van der Waals surface area contributed by atoms with Crippen LogP contribution in [0.25, 0.3) is 44.4 Å². The lowest BCUT2D eigenvalue weighted by Crippen LogP contribution is -1.93. The van der Waals surface area contributed by atoms with Gasteiger partial charge in [0, 0.05) is 23.9 Å². The van der Waals surface area contributed by atoms with Crippen LogP contribution < -0.4 is 0 Å². The molecule has 0 saturated heterocycles. The Bertz CT molecular complexity index is 1480. The number of nitrogens with one attached hydrogen (secondary N) is 1. The summed E-state index contributed by atoms with van der Waals surface area (Å²) in [5.41, 5.74) is 6.38. The van der Waals surface area contributed by atoms with Crippen molar-refractivity contribution < 1.29 is 4.79 Å². The number of Topliss-reactive ketones (excluding diaryl/α,β-unsaturated/α-hetero) is 1. The minimum Gasteiger partial charge on any atom is -0.299 e. The fourth-order valence-corrected chi connectivity index (χ4v) is 4.44. The molecule has 0 fully saturated rings. The number of thioether (sulfide) groups is 1. The van der Waals surface area contributed by atoms with Gasteiger partial charge in [0.1, 0.15) is 5.78 Å². The van der Waals surface area contributed by atoms with Crippen molar-refractivity contribution in [2.24, 2.45) is 7.05 Å². The van der Waals surface area contributed by atoms with E-state index in [0.29, 0.717) is 16.7 Å².